The average molecular weight is 220 g/mol. The number of hydrogen-bond donors (Lipinski definition) is 1. The van der Waals surface area contributed by atoms with Crippen LogP contribution in [0, 0.1) is 12.8 Å². The molecule has 0 unspecified atom stereocenters. The predicted molar refractivity (Wildman–Crippen MR) is 60.6 cm³/mol. The Morgan fingerprint density at radius 2 is 2.06 bits per heavy atom. The van der Waals surface area contributed by atoms with Gasteiger partial charge < -0.3 is 4.98 Å². The summed E-state index contributed by atoms with van der Waals surface area (Å²) in [6.07, 6.45) is 5.33. The van der Waals surface area contributed by atoms with E-state index in [0.717, 1.165) is 25.2 Å². The molecule has 0 aliphatic heterocycles. The zero-order chi connectivity index (χ0) is 11.3. The molecular formula is C12H16N2O2. The second-order valence-electron chi connectivity index (χ2n) is 5.30. The number of H-pyrrole nitrogens is 1. The number of aromatic nitrogens is 2. The van der Waals surface area contributed by atoms with E-state index in [1.165, 1.54) is 23.5 Å². The van der Waals surface area contributed by atoms with E-state index >= 15 is 0 Å². The molecule has 1 aromatic rings. The summed E-state index contributed by atoms with van der Waals surface area (Å²) in [6.45, 7) is 1.75. The zero-order valence-electron chi connectivity index (χ0n) is 9.45. The highest BCUT2D eigenvalue weighted by Crippen LogP contribution is 2.51. The molecule has 3 rings (SSSR count). The van der Waals surface area contributed by atoms with Crippen molar-refractivity contribution in [3.8, 4) is 0 Å². The van der Waals surface area contributed by atoms with E-state index < -0.39 is 0 Å². The smallest absolute Gasteiger partial charge is 0.311 e. The van der Waals surface area contributed by atoms with Crippen molar-refractivity contribution in [1.29, 1.82) is 0 Å². The van der Waals surface area contributed by atoms with Crippen LogP contribution in [0.4, 0.5) is 0 Å². The highest BCUT2D eigenvalue weighted by molar-refractivity contribution is 5.06. The third-order valence-electron chi connectivity index (χ3n) is 4.25. The maximum atomic E-state index is 12.0. The average Bonchev–Trinajstić information content (AvgIpc) is 2.75. The van der Waals surface area contributed by atoms with E-state index in [4.69, 9.17) is 0 Å². The molecule has 1 N–H and O–H groups in total. The number of rotatable bonds is 1. The van der Waals surface area contributed by atoms with Crippen molar-refractivity contribution >= 4 is 0 Å². The van der Waals surface area contributed by atoms with Crippen LogP contribution >= 0.6 is 0 Å². The highest BCUT2D eigenvalue weighted by Gasteiger charge is 2.47. The lowest BCUT2D eigenvalue weighted by molar-refractivity contribution is 0.271. The Morgan fingerprint density at radius 1 is 1.38 bits per heavy atom. The van der Waals surface area contributed by atoms with Gasteiger partial charge in [0.15, 0.2) is 0 Å². The van der Waals surface area contributed by atoms with Crippen LogP contribution in [0.5, 0.6) is 0 Å². The minimum absolute atomic E-state index is 0.135. The van der Waals surface area contributed by atoms with Gasteiger partial charge in [0.2, 0.25) is 0 Å². The first-order chi connectivity index (χ1) is 7.61. The summed E-state index contributed by atoms with van der Waals surface area (Å²) in [5.74, 6) is 0.729. The Kier molecular flexibility index (Phi) is 1.91. The van der Waals surface area contributed by atoms with Crippen molar-refractivity contribution in [3.05, 3.63) is 32.6 Å². The molecule has 0 saturated heterocycles. The Bertz CT molecular complexity index is 501. The van der Waals surface area contributed by atoms with Crippen LogP contribution in [-0.2, 0) is 5.54 Å². The molecule has 2 aliphatic carbocycles. The van der Waals surface area contributed by atoms with Crippen LogP contribution in [0.25, 0.3) is 0 Å². The van der Waals surface area contributed by atoms with Gasteiger partial charge >= 0.3 is 5.69 Å². The lowest BCUT2D eigenvalue weighted by Gasteiger charge is -2.28. The van der Waals surface area contributed by atoms with Crippen molar-refractivity contribution in [1.82, 2.24) is 9.55 Å². The molecule has 0 radical (unpaired) electrons. The third-order valence-corrected chi connectivity index (χ3v) is 4.25. The second kappa shape index (κ2) is 3.09. The van der Waals surface area contributed by atoms with Gasteiger partial charge in [0, 0.05) is 11.8 Å². The summed E-state index contributed by atoms with van der Waals surface area (Å²) in [4.78, 5) is 26.7. The largest absolute Gasteiger partial charge is 0.329 e. The third kappa shape index (κ3) is 1.22. The molecule has 1 heterocycles. The Balaban J connectivity index is 2.21. The topological polar surface area (TPSA) is 54.9 Å². The van der Waals surface area contributed by atoms with Gasteiger partial charge in [-0.05, 0) is 44.9 Å². The number of fused-ring (bicyclic) bond motifs is 2. The fourth-order valence-corrected chi connectivity index (χ4v) is 3.54. The van der Waals surface area contributed by atoms with Crippen molar-refractivity contribution < 1.29 is 0 Å². The van der Waals surface area contributed by atoms with Crippen molar-refractivity contribution in [3.63, 3.8) is 0 Å². The summed E-state index contributed by atoms with van der Waals surface area (Å²) >= 11 is 0. The first-order valence-corrected chi connectivity index (χ1v) is 5.94. The van der Waals surface area contributed by atoms with Crippen LogP contribution in [0.2, 0.25) is 0 Å². The summed E-state index contributed by atoms with van der Waals surface area (Å²) in [6, 6.07) is 1.53. The van der Waals surface area contributed by atoms with Crippen LogP contribution in [0.3, 0.4) is 0 Å². The van der Waals surface area contributed by atoms with Gasteiger partial charge in [0.05, 0.1) is 5.54 Å². The Labute approximate surface area is 93.3 Å². The standard InChI is InChI=1S/C12H16N2O2/c1-8-6-10(15)14(11(16)13-8)12-4-2-9(7-12)3-5-12/h6,9H,2-5,7H2,1H3,(H,13,16). The Hall–Kier alpha value is -1.32. The number of nitrogens with one attached hydrogen (secondary N) is 1. The van der Waals surface area contributed by atoms with Crippen molar-refractivity contribution in [2.45, 2.75) is 44.6 Å². The molecule has 2 fully saturated rings. The first kappa shape index (κ1) is 9.87. The fraction of sp³-hybridized carbons (Fsp3) is 0.667. The highest BCUT2D eigenvalue weighted by atomic mass is 16.2. The molecule has 2 bridgehead atoms. The van der Waals surface area contributed by atoms with Crippen LogP contribution in [0.1, 0.15) is 37.8 Å². The van der Waals surface area contributed by atoms with E-state index in [0.29, 0.717) is 5.69 Å². The molecular weight excluding hydrogens is 204 g/mol. The van der Waals surface area contributed by atoms with E-state index in [-0.39, 0.29) is 16.8 Å². The van der Waals surface area contributed by atoms with Gasteiger partial charge in [-0.2, -0.15) is 0 Å². The minimum Gasteiger partial charge on any atom is -0.311 e. The molecule has 1 aromatic heterocycles. The molecule has 0 amide bonds. The quantitative estimate of drug-likeness (QED) is 0.771. The van der Waals surface area contributed by atoms with E-state index in [2.05, 4.69) is 4.98 Å². The summed E-state index contributed by atoms with van der Waals surface area (Å²) in [7, 11) is 0. The lowest BCUT2D eigenvalue weighted by atomic mass is 9.93. The van der Waals surface area contributed by atoms with Crippen molar-refractivity contribution in [2.75, 3.05) is 0 Å². The van der Waals surface area contributed by atoms with Gasteiger partial charge in [-0.15, -0.1) is 0 Å². The van der Waals surface area contributed by atoms with Gasteiger partial charge in [-0.25, -0.2) is 4.79 Å². The molecule has 0 aromatic carbocycles. The maximum Gasteiger partial charge on any atom is 0.329 e. The zero-order valence-corrected chi connectivity index (χ0v) is 9.45. The van der Waals surface area contributed by atoms with Gasteiger partial charge in [-0.3, -0.25) is 9.36 Å². The maximum absolute atomic E-state index is 12.0. The van der Waals surface area contributed by atoms with Crippen molar-refractivity contribution in [2.24, 2.45) is 5.92 Å². The molecule has 16 heavy (non-hydrogen) atoms. The summed E-state index contributed by atoms with van der Waals surface area (Å²) in [5, 5.41) is 0. The van der Waals surface area contributed by atoms with Gasteiger partial charge in [-0.1, -0.05) is 0 Å². The SMILES string of the molecule is Cc1cc(=O)n(C23CCC(CC2)C3)c(=O)[nH]1. The second-order valence-corrected chi connectivity index (χ2v) is 5.30. The number of hydrogen-bond acceptors (Lipinski definition) is 2. The number of aromatic amines is 1. The Morgan fingerprint density at radius 3 is 2.56 bits per heavy atom. The summed E-state index contributed by atoms with van der Waals surface area (Å²) in [5.41, 5.74) is 0.120. The van der Waals surface area contributed by atoms with Gasteiger partial charge in [0.25, 0.3) is 5.56 Å². The van der Waals surface area contributed by atoms with Gasteiger partial charge in [0.1, 0.15) is 0 Å². The molecule has 2 aliphatic rings. The molecule has 0 atom stereocenters. The van der Waals surface area contributed by atoms with E-state index in [9.17, 15) is 9.59 Å². The minimum atomic E-state index is -0.229. The predicted octanol–water partition coefficient (Wildman–Crippen LogP) is 1.13. The van der Waals surface area contributed by atoms with Crippen LogP contribution in [-0.4, -0.2) is 9.55 Å². The molecule has 4 heteroatoms. The normalized spacial score (nSPS) is 32.2. The van der Waals surface area contributed by atoms with Crippen LogP contribution < -0.4 is 11.2 Å². The number of aryl methyl sites for hydroxylation is 1. The van der Waals surface area contributed by atoms with E-state index in [1.54, 1.807) is 6.92 Å². The molecule has 86 valence electrons. The fourth-order valence-electron chi connectivity index (χ4n) is 3.54. The lowest BCUT2D eigenvalue weighted by Crippen LogP contribution is -2.47. The first-order valence-electron chi connectivity index (χ1n) is 5.94. The summed E-state index contributed by atoms with van der Waals surface area (Å²) < 4.78 is 1.48. The molecule has 4 nitrogen and oxygen atoms in total. The molecule has 2 saturated carbocycles. The van der Waals surface area contributed by atoms with E-state index in [1.807, 2.05) is 0 Å². The number of nitrogens with zero attached hydrogens (tertiary/aromatic N) is 1. The van der Waals surface area contributed by atoms with Crippen LogP contribution in [0.15, 0.2) is 15.7 Å². The molecule has 0 spiro atoms. The monoisotopic (exact) mass is 220 g/mol.